The van der Waals surface area contributed by atoms with Crippen LogP contribution in [0.3, 0.4) is 0 Å². The molecule has 0 aliphatic carbocycles. The fourth-order valence-corrected chi connectivity index (χ4v) is 2.80. The minimum atomic E-state index is 0.808. The van der Waals surface area contributed by atoms with Crippen LogP contribution in [0.15, 0.2) is 18.2 Å². The average molecular weight is 263 g/mol. The van der Waals surface area contributed by atoms with Crippen molar-refractivity contribution >= 4 is 0 Å². The van der Waals surface area contributed by atoms with E-state index in [-0.39, 0.29) is 0 Å². The van der Waals surface area contributed by atoms with E-state index in [9.17, 15) is 0 Å². The lowest BCUT2D eigenvalue weighted by atomic mass is 9.93. The van der Waals surface area contributed by atoms with Crippen LogP contribution in [0.2, 0.25) is 0 Å². The van der Waals surface area contributed by atoms with Crippen molar-refractivity contribution in [1.29, 1.82) is 0 Å². The van der Waals surface area contributed by atoms with E-state index in [1.807, 2.05) is 6.07 Å². The van der Waals surface area contributed by atoms with Gasteiger partial charge in [-0.3, -0.25) is 0 Å². The van der Waals surface area contributed by atoms with Gasteiger partial charge in [0.15, 0.2) is 11.5 Å². The molecule has 0 bridgehead atoms. The third-order valence-corrected chi connectivity index (χ3v) is 3.92. The van der Waals surface area contributed by atoms with Crippen LogP contribution in [-0.4, -0.2) is 27.3 Å². The first-order chi connectivity index (χ1) is 9.33. The van der Waals surface area contributed by atoms with Crippen molar-refractivity contribution < 1.29 is 9.47 Å². The molecule has 3 heteroatoms. The summed E-state index contributed by atoms with van der Waals surface area (Å²) in [6.07, 6.45) is 6.42. The van der Waals surface area contributed by atoms with Gasteiger partial charge in [-0.15, -0.1) is 0 Å². The predicted molar refractivity (Wildman–Crippen MR) is 78.1 cm³/mol. The van der Waals surface area contributed by atoms with E-state index in [1.54, 1.807) is 14.2 Å². The molecule has 1 heterocycles. The van der Waals surface area contributed by atoms with Gasteiger partial charge in [0.2, 0.25) is 0 Å². The van der Waals surface area contributed by atoms with Crippen LogP contribution < -0.4 is 14.8 Å². The van der Waals surface area contributed by atoms with Crippen molar-refractivity contribution in [3.63, 3.8) is 0 Å². The molecule has 1 aliphatic heterocycles. The number of hydrogen-bond donors (Lipinski definition) is 1. The van der Waals surface area contributed by atoms with Gasteiger partial charge in [0, 0.05) is 0 Å². The van der Waals surface area contributed by atoms with Gasteiger partial charge in [-0.05, 0) is 68.8 Å². The summed E-state index contributed by atoms with van der Waals surface area (Å²) in [6, 6.07) is 6.23. The molecule has 2 rings (SSSR count). The maximum Gasteiger partial charge on any atom is 0.160 e. The Kier molecular flexibility index (Phi) is 5.52. The zero-order chi connectivity index (χ0) is 13.5. The molecule has 0 aromatic heterocycles. The van der Waals surface area contributed by atoms with E-state index in [2.05, 4.69) is 17.4 Å². The summed E-state index contributed by atoms with van der Waals surface area (Å²) in [4.78, 5) is 0. The highest BCUT2D eigenvalue weighted by atomic mass is 16.5. The molecule has 0 spiro atoms. The standard InChI is InChI=1S/C16H25NO2/c1-18-15-9-8-13(11-16(15)19-2)5-3-6-14-7-4-10-17-12-14/h8-9,11,14,17H,3-7,10,12H2,1-2H3. The Bertz CT molecular complexity index is 386. The van der Waals surface area contributed by atoms with Crippen LogP contribution in [0.4, 0.5) is 0 Å². The molecule has 1 N–H and O–H groups in total. The van der Waals surface area contributed by atoms with Gasteiger partial charge in [0.25, 0.3) is 0 Å². The molecule has 1 unspecified atom stereocenters. The Morgan fingerprint density at radius 3 is 2.74 bits per heavy atom. The van der Waals surface area contributed by atoms with Gasteiger partial charge >= 0.3 is 0 Å². The minimum Gasteiger partial charge on any atom is -0.493 e. The van der Waals surface area contributed by atoms with Crippen molar-refractivity contribution in [3.8, 4) is 11.5 Å². The van der Waals surface area contributed by atoms with Gasteiger partial charge in [0.05, 0.1) is 14.2 Å². The van der Waals surface area contributed by atoms with Gasteiger partial charge < -0.3 is 14.8 Å². The van der Waals surface area contributed by atoms with Gasteiger partial charge in [-0.1, -0.05) is 6.07 Å². The van der Waals surface area contributed by atoms with Crippen molar-refractivity contribution in [1.82, 2.24) is 5.32 Å². The lowest BCUT2D eigenvalue weighted by Crippen LogP contribution is -2.29. The number of nitrogens with one attached hydrogen (secondary N) is 1. The Hall–Kier alpha value is -1.22. The fraction of sp³-hybridized carbons (Fsp3) is 0.625. The van der Waals surface area contributed by atoms with Crippen molar-refractivity contribution in [2.75, 3.05) is 27.3 Å². The van der Waals surface area contributed by atoms with Crippen molar-refractivity contribution in [2.24, 2.45) is 5.92 Å². The van der Waals surface area contributed by atoms with Gasteiger partial charge in [-0.2, -0.15) is 0 Å². The SMILES string of the molecule is COc1ccc(CCCC2CCCNC2)cc1OC. The van der Waals surface area contributed by atoms with Crippen molar-refractivity contribution in [2.45, 2.75) is 32.1 Å². The van der Waals surface area contributed by atoms with Gasteiger partial charge in [-0.25, -0.2) is 0 Å². The average Bonchev–Trinajstić information content (AvgIpc) is 2.48. The van der Waals surface area contributed by atoms with Crippen LogP contribution >= 0.6 is 0 Å². The molecule has 1 saturated heterocycles. The summed E-state index contributed by atoms with van der Waals surface area (Å²) in [5, 5.41) is 3.48. The highest BCUT2D eigenvalue weighted by molar-refractivity contribution is 5.42. The fourth-order valence-electron chi connectivity index (χ4n) is 2.80. The van der Waals surface area contributed by atoms with E-state index < -0.39 is 0 Å². The molecule has 0 amide bonds. The Balaban J connectivity index is 1.81. The summed E-state index contributed by atoms with van der Waals surface area (Å²) in [6.45, 7) is 2.40. The smallest absolute Gasteiger partial charge is 0.160 e. The first kappa shape index (κ1) is 14.2. The third-order valence-electron chi connectivity index (χ3n) is 3.92. The number of methoxy groups -OCH3 is 2. The second kappa shape index (κ2) is 7.39. The minimum absolute atomic E-state index is 0.808. The van der Waals surface area contributed by atoms with E-state index in [0.717, 1.165) is 23.8 Å². The molecule has 1 aliphatic rings. The largest absolute Gasteiger partial charge is 0.493 e. The normalized spacial score (nSPS) is 19.2. The maximum absolute atomic E-state index is 5.34. The quantitative estimate of drug-likeness (QED) is 0.855. The Labute approximate surface area is 116 Å². The second-order valence-corrected chi connectivity index (χ2v) is 5.29. The monoisotopic (exact) mass is 263 g/mol. The molecule has 1 aromatic carbocycles. The number of benzene rings is 1. The summed E-state index contributed by atoms with van der Waals surface area (Å²) >= 11 is 0. The summed E-state index contributed by atoms with van der Waals surface area (Å²) < 4.78 is 10.6. The number of piperidine rings is 1. The molecule has 19 heavy (non-hydrogen) atoms. The van der Waals surface area contributed by atoms with Crippen LogP contribution in [-0.2, 0) is 6.42 Å². The number of aryl methyl sites for hydroxylation is 1. The summed E-state index contributed by atoms with van der Waals surface area (Å²) in [5.74, 6) is 2.51. The first-order valence-corrected chi connectivity index (χ1v) is 7.25. The third kappa shape index (κ3) is 4.13. The number of rotatable bonds is 6. The molecule has 1 fully saturated rings. The number of ether oxygens (including phenoxy) is 2. The lowest BCUT2D eigenvalue weighted by molar-refractivity contribution is 0.349. The van der Waals surface area contributed by atoms with E-state index in [1.165, 1.54) is 44.3 Å². The molecular weight excluding hydrogens is 238 g/mol. The summed E-state index contributed by atoms with van der Waals surface area (Å²) in [5.41, 5.74) is 1.33. The Morgan fingerprint density at radius 1 is 1.21 bits per heavy atom. The summed E-state index contributed by atoms with van der Waals surface area (Å²) in [7, 11) is 3.36. The lowest BCUT2D eigenvalue weighted by Gasteiger charge is -2.22. The molecular formula is C16H25NO2. The highest BCUT2D eigenvalue weighted by Gasteiger charge is 2.12. The van der Waals surface area contributed by atoms with Crippen LogP contribution in [0.1, 0.15) is 31.2 Å². The van der Waals surface area contributed by atoms with Crippen LogP contribution in [0.5, 0.6) is 11.5 Å². The van der Waals surface area contributed by atoms with Crippen LogP contribution in [0, 0.1) is 5.92 Å². The molecule has 106 valence electrons. The Morgan fingerprint density at radius 2 is 2.05 bits per heavy atom. The topological polar surface area (TPSA) is 30.5 Å². The van der Waals surface area contributed by atoms with E-state index in [0.29, 0.717) is 0 Å². The molecule has 0 saturated carbocycles. The number of hydrogen-bond acceptors (Lipinski definition) is 3. The van der Waals surface area contributed by atoms with Gasteiger partial charge in [0.1, 0.15) is 0 Å². The van der Waals surface area contributed by atoms with Crippen molar-refractivity contribution in [3.05, 3.63) is 23.8 Å². The molecule has 0 radical (unpaired) electrons. The first-order valence-electron chi connectivity index (χ1n) is 7.25. The highest BCUT2D eigenvalue weighted by Crippen LogP contribution is 2.28. The molecule has 1 atom stereocenters. The van der Waals surface area contributed by atoms with E-state index in [4.69, 9.17) is 9.47 Å². The molecule has 1 aromatic rings. The van der Waals surface area contributed by atoms with Crippen LogP contribution in [0.25, 0.3) is 0 Å². The molecule has 3 nitrogen and oxygen atoms in total. The second-order valence-electron chi connectivity index (χ2n) is 5.29. The van der Waals surface area contributed by atoms with E-state index >= 15 is 0 Å². The zero-order valence-corrected chi connectivity index (χ0v) is 12.1. The zero-order valence-electron chi connectivity index (χ0n) is 12.1. The predicted octanol–water partition coefficient (Wildman–Crippen LogP) is 3.03. The maximum atomic E-state index is 5.34.